The van der Waals surface area contributed by atoms with Gasteiger partial charge in [0.2, 0.25) is 5.91 Å². The fourth-order valence-electron chi connectivity index (χ4n) is 1.22. The van der Waals surface area contributed by atoms with Crippen molar-refractivity contribution in [2.45, 2.75) is 19.9 Å². The van der Waals surface area contributed by atoms with Crippen LogP contribution in [0.3, 0.4) is 0 Å². The first-order valence-electron chi connectivity index (χ1n) is 5.58. The van der Waals surface area contributed by atoms with Gasteiger partial charge >= 0.3 is 5.97 Å². The van der Waals surface area contributed by atoms with E-state index in [1.165, 1.54) is 6.92 Å². The van der Waals surface area contributed by atoms with E-state index >= 15 is 0 Å². The summed E-state index contributed by atoms with van der Waals surface area (Å²) in [7, 11) is 0. The molecule has 0 heterocycles. The average molecular weight is 281 g/mol. The topological polar surface area (TPSA) is 91.1 Å². The maximum absolute atomic E-state index is 10.8. The Hall–Kier alpha value is -1.89. The second kappa shape index (κ2) is 7.52. The molecule has 0 spiro atoms. The number of nitrogens with one attached hydrogen (secondary N) is 1. The summed E-state index contributed by atoms with van der Waals surface area (Å²) < 4.78 is 3.83. The Morgan fingerprint density at radius 1 is 1.37 bits per heavy atom. The summed E-state index contributed by atoms with van der Waals surface area (Å²) in [5.74, 6) is -1.35. The minimum absolute atomic E-state index is 0.129. The van der Waals surface area contributed by atoms with E-state index in [4.69, 9.17) is 5.11 Å². The zero-order valence-electron chi connectivity index (χ0n) is 10.7. The number of rotatable bonds is 6. The van der Waals surface area contributed by atoms with Crippen molar-refractivity contribution in [2.75, 3.05) is 5.75 Å². The number of aryl methyl sites for hydroxylation is 1. The molecule has 0 saturated carbocycles. The lowest BCUT2D eigenvalue weighted by Gasteiger charge is -2.10. The monoisotopic (exact) mass is 281 g/mol. The minimum atomic E-state index is -1.09. The quantitative estimate of drug-likeness (QED) is 0.618. The van der Waals surface area contributed by atoms with Gasteiger partial charge in [-0.1, -0.05) is 17.7 Å². The molecular formula is C12H15N3O3S. The number of amides is 1. The zero-order chi connectivity index (χ0) is 14.3. The lowest BCUT2D eigenvalue weighted by molar-refractivity contribution is -0.140. The highest BCUT2D eigenvalue weighted by Crippen LogP contribution is 2.16. The highest BCUT2D eigenvalue weighted by molar-refractivity contribution is 7.97. The van der Waals surface area contributed by atoms with Gasteiger partial charge in [-0.3, -0.25) is 4.79 Å². The Morgan fingerprint density at radius 3 is 2.53 bits per heavy atom. The van der Waals surface area contributed by atoms with E-state index in [1.54, 1.807) is 0 Å². The minimum Gasteiger partial charge on any atom is -0.480 e. The van der Waals surface area contributed by atoms with Crippen molar-refractivity contribution in [3.63, 3.8) is 0 Å². The van der Waals surface area contributed by atoms with Crippen molar-refractivity contribution in [3.8, 4) is 0 Å². The smallest absolute Gasteiger partial charge is 0.327 e. The van der Waals surface area contributed by atoms with E-state index in [1.807, 2.05) is 31.2 Å². The Bertz CT molecular complexity index is 474. The van der Waals surface area contributed by atoms with Crippen LogP contribution in [0.2, 0.25) is 0 Å². The van der Waals surface area contributed by atoms with Gasteiger partial charge in [0.15, 0.2) is 0 Å². The second-order valence-corrected chi connectivity index (χ2v) is 4.66. The van der Waals surface area contributed by atoms with Crippen molar-refractivity contribution in [1.29, 1.82) is 0 Å². The molecule has 0 aliphatic rings. The van der Waals surface area contributed by atoms with Crippen LogP contribution in [0.15, 0.2) is 33.9 Å². The maximum atomic E-state index is 10.8. The fraction of sp³-hybridized carbons (Fsp3) is 0.333. The molecule has 0 unspecified atom stereocenters. The Morgan fingerprint density at radius 2 is 2.00 bits per heavy atom. The highest BCUT2D eigenvalue weighted by atomic mass is 32.2. The number of aliphatic carboxylic acids is 1. The number of carbonyl (C=O) groups excluding carboxylic acids is 1. The van der Waals surface area contributed by atoms with Crippen molar-refractivity contribution >= 4 is 29.5 Å². The molecule has 0 bridgehead atoms. The molecule has 1 aromatic carbocycles. The summed E-state index contributed by atoms with van der Waals surface area (Å²) >= 11 is 0.993. The second-order valence-electron chi connectivity index (χ2n) is 3.90. The predicted octanol–water partition coefficient (Wildman–Crippen LogP) is 2.32. The lowest BCUT2D eigenvalue weighted by atomic mass is 10.2. The first-order chi connectivity index (χ1) is 8.99. The Balaban J connectivity index is 2.45. The van der Waals surface area contributed by atoms with Crippen LogP contribution in [0.1, 0.15) is 12.5 Å². The summed E-state index contributed by atoms with van der Waals surface area (Å²) in [5.41, 5.74) is 1.83. The molecular weight excluding hydrogens is 266 g/mol. The molecule has 0 aliphatic carbocycles. The molecule has 1 amide bonds. The van der Waals surface area contributed by atoms with Crippen LogP contribution < -0.4 is 5.32 Å². The van der Waals surface area contributed by atoms with Crippen LogP contribution in [0, 0.1) is 6.92 Å². The number of carboxylic acid groups (broad SMARTS) is 1. The molecule has 1 aromatic rings. The fourth-order valence-corrected chi connectivity index (χ4v) is 1.81. The van der Waals surface area contributed by atoms with Gasteiger partial charge in [0.25, 0.3) is 0 Å². The largest absolute Gasteiger partial charge is 0.480 e. The number of hydrogen-bond acceptors (Lipinski definition) is 5. The SMILES string of the molecule is CC(=O)N[C@H](CSN=Nc1ccc(C)cc1)C(=O)O. The molecule has 102 valence electrons. The van der Waals surface area contributed by atoms with Gasteiger partial charge in [-0.2, -0.15) is 0 Å². The van der Waals surface area contributed by atoms with Crippen molar-refractivity contribution < 1.29 is 14.7 Å². The van der Waals surface area contributed by atoms with E-state index in [0.29, 0.717) is 5.69 Å². The van der Waals surface area contributed by atoms with Gasteiger partial charge in [-0.25, -0.2) is 4.79 Å². The van der Waals surface area contributed by atoms with Crippen LogP contribution in [0.25, 0.3) is 0 Å². The molecule has 0 saturated heterocycles. The summed E-state index contributed by atoms with van der Waals surface area (Å²) in [6, 6.07) is 6.51. The maximum Gasteiger partial charge on any atom is 0.327 e. The summed E-state index contributed by atoms with van der Waals surface area (Å²) in [5, 5.41) is 15.1. The molecule has 0 radical (unpaired) electrons. The number of carbonyl (C=O) groups is 2. The number of hydrogen-bond donors (Lipinski definition) is 2. The number of nitrogens with zero attached hydrogens (tertiary/aromatic N) is 2. The molecule has 0 aliphatic heterocycles. The molecule has 1 atom stereocenters. The third-order valence-electron chi connectivity index (χ3n) is 2.16. The van der Waals surface area contributed by atoms with Gasteiger partial charge in [0, 0.05) is 24.6 Å². The van der Waals surface area contributed by atoms with Gasteiger partial charge in [-0.15, -0.1) is 9.63 Å². The molecule has 2 N–H and O–H groups in total. The van der Waals surface area contributed by atoms with Crippen LogP contribution in [-0.4, -0.2) is 28.8 Å². The first kappa shape index (κ1) is 15.2. The summed E-state index contributed by atoms with van der Waals surface area (Å²) in [6.45, 7) is 3.25. The molecule has 19 heavy (non-hydrogen) atoms. The zero-order valence-corrected chi connectivity index (χ0v) is 11.5. The molecule has 6 nitrogen and oxygen atoms in total. The Labute approximate surface area is 115 Å². The van der Waals surface area contributed by atoms with E-state index in [0.717, 1.165) is 17.5 Å². The molecule has 7 heteroatoms. The van der Waals surface area contributed by atoms with Gasteiger partial charge in [-0.05, 0) is 19.1 Å². The highest BCUT2D eigenvalue weighted by Gasteiger charge is 2.17. The van der Waals surface area contributed by atoms with E-state index in [-0.39, 0.29) is 11.7 Å². The number of carboxylic acids is 1. The molecule has 0 fully saturated rings. The van der Waals surface area contributed by atoms with Gasteiger partial charge < -0.3 is 10.4 Å². The first-order valence-corrected chi connectivity index (χ1v) is 6.53. The van der Waals surface area contributed by atoms with Crippen LogP contribution in [0.4, 0.5) is 5.69 Å². The summed E-state index contributed by atoms with van der Waals surface area (Å²) in [6.07, 6.45) is 0. The predicted molar refractivity (Wildman–Crippen MR) is 73.4 cm³/mol. The van der Waals surface area contributed by atoms with E-state index in [2.05, 4.69) is 15.0 Å². The van der Waals surface area contributed by atoms with Crippen LogP contribution in [-0.2, 0) is 9.59 Å². The molecule has 1 rings (SSSR count). The normalized spacial score (nSPS) is 12.3. The summed E-state index contributed by atoms with van der Waals surface area (Å²) in [4.78, 5) is 21.6. The third kappa shape index (κ3) is 6.01. The van der Waals surface area contributed by atoms with Crippen LogP contribution >= 0.6 is 11.9 Å². The van der Waals surface area contributed by atoms with Crippen molar-refractivity contribution in [3.05, 3.63) is 29.8 Å². The molecule has 0 aromatic heterocycles. The van der Waals surface area contributed by atoms with E-state index in [9.17, 15) is 9.59 Å². The van der Waals surface area contributed by atoms with Crippen molar-refractivity contribution in [1.82, 2.24) is 5.32 Å². The van der Waals surface area contributed by atoms with Gasteiger partial charge in [0.1, 0.15) is 6.04 Å². The van der Waals surface area contributed by atoms with E-state index < -0.39 is 12.0 Å². The lowest BCUT2D eigenvalue weighted by Crippen LogP contribution is -2.41. The Kier molecular flexibility index (Phi) is 6.01. The average Bonchev–Trinajstić information content (AvgIpc) is 2.34. The number of benzene rings is 1. The van der Waals surface area contributed by atoms with Crippen molar-refractivity contribution in [2.24, 2.45) is 9.63 Å². The third-order valence-corrected chi connectivity index (χ3v) is 2.84. The van der Waals surface area contributed by atoms with Crippen LogP contribution in [0.5, 0.6) is 0 Å². The van der Waals surface area contributed by atoms with Gasteiger partial charge in [0.05, 0.1) is 5.69 Å². The standard InChI is InChI=1S/C12H15N3O3S/c1-8-3-5-10(6-4-8)14-15-19-7-11(12(17)18)13-9(2)16/h3-6,11H,7H2,1-2H3,(H,13,16)(H,17,18)/t11-/m1/s1.